The highest BCUT2D eigenvalue weighted by Gasteiger charge is 1.84. The van der Waals surface area contributed by atoms with Crippen LogP contribution in [0.1, 0.15) is 52.4 Å². The monoisotopic (exact) mass is 194 g/mol. The van der Waals surface area contributed by atoms with Gasteiger partial charge in [0.2, 0.25) is 0 Å². The van der Waals surface area contributed by atoms with E-state index in [1.54, 1.807) is 6.08 Å². The molecule has 0 spiro atoms. The number of hydrogen-bond donors (Lipinski definition) is 0. The lowest BCUT2D eigenvalue weighted by Crippen LogP contribution is -1.74. The zero-order valence-corrected chi connectivity index (χ0v) is 9.97. The van der Waals surface area contributed by atoms with Crippen molar-refractivity contribution in [2.45, 2.75) is 52.4 Å². The van der Waals surface area contributed by atoms with Gasteiger partial charge in [0, 0.05) is 0 Å². The van der Waals surface area contributed by atoms with Crippen LogP contribution in [0.4, 0.5) is 0 Å². The third-order valence-corrected chi connectivity index (χ3v) is 1.84. The quantitative estimate of drug-likeness (QED) is 0.294. The molecule has 0 aliphatic carbocycles. The van der Waals surface area contributed by atoms with Gasteiger partial charge < -0.3 is 0 Å². The lowest BCUT2D eigenvalue weighted by Gasteiger charge is -1.94. The minimum Gasteiger partial charge on any atom is -0.103 e. The van der Waals surface area contributed by atoms with Gasteiger partial charge in [-0.25, -0.2) is 0 Å². The lowest BCUT2D eigenvalue weighted by molar-refractivity contribution is 0.638. The molecule has 0 aromatic rings. The molecule has 0 bridgehead atoms. The van der Waals surface area contributed by atoms with Crippen LogP contribution in [0, 0.1) is 0 Å². The minimum absolute atomic E-state index is 1.20. The Morgan fingerprint density at radius 1 is 1.00 bits per heavy atom. The molecule has 14 heavy (non-hydrogen) atoms. The first-order valence-corrected chi connectivity index (χ1v) is 5.68. The van der Waals surface area contributed by atoms with E-state index in [0.717, 1.165) is 0 Å². The SMILES string of the molecule is C=CC=CC.C=CCCCCCCC. The molecule has 0 nitrogen and oxygen atoms in total. The number of rotatable bonds is 7. The second-order valence-electron chi connectivity index (χ2n) is 3.25. The zero-order valence-electron chi connectivity index (χ0n) is 9.97. The Labute approximate surface area is 90.4 Å². The Morgan fingerprint density at radius 3 is 2.00 bits per heavy atom. The minimum atomic E-state index is 1.20. The summed E-state index contributed by atoms with van der Waals surface area (Å²) < 4.78 is 0. The normalized spacial score (nSPS) is 9.29. The second kappa shape index (κ2) is 18.1. The first-order chi connectivity index (χ1) is 6.83. The largest absolute Gasteiger partial charge is 0.103 e. The number of unbranched alkanes of at least 4 members (excludes halogenated alkanes) is 5. The van der Waals surface area contributed by atoms with Crippen molar-refractivity contribution in [1.29, 1.82) is 0 Å². The lowest BCUT2D eigenvalue weighted by atomic mass is 10.1. The molecule has 0 aliphatic rings. The van der Waals surface area contributed by atoms with Crippen LogP contribution in [0.2, 0.25) is 0 Å². The van der Waals surface area contributed by atoms with Gasteiger partial charge in [-0.1, -0.05) is 63.5 Å². The third-order valence-electron chi connectivity index (χ3n) is 1.84. The van der Waals surface area contributed by atoms with Crippen molar-refractivity contribution in [2.24, 2.45) is 0 Å². The summed E-state index contributed by atoms with van der Waals surface area (Å²) in [4.78, 5) is 0. The van der Waals surface area contributed by atoms with Crippen molar-refractivity contribution >= 4 is 0 Å². The van der Waals surface area contributed by atoms with Crippen LogP contribution in [0.3, 0.4) is 0 Å². The maximum atomic E-state index is 3.68. The molecule has 0 amide bonds. The van der Waals surface area contributed by atoms with Gasteiger partial charge in [0.05, 0.1) is 0 Å². The number of hydrogen-bond acceptors (Lipinski definition) is 0. The van der Waals surface area contributed by atoms with E-state index >= 15 is 0 Å². The van der Waals surface area contributed by atoms with Crippen molar-refractivity contribution in [2.75, 3.05) is 0 Å². The van der Waals surface area contributed by atoms with E-state index in [2.05, 4.69) is 20.1 Å². The average molecular weight is 194 g/mol. The molecule has 0 fully saturated rings. The van der Waals surface area contributed by atoms with E-state index in [0.29, 0.717) is 0 Å². The molecule has 0 unspecified atom stereocenters. The Bertz CT molecular complexity index is 131. The van der Waals surface area contributed by atoms with Crippen LogP contribution >= 0.6 is 0 Å². The highest BCUT2D eigenvalue weighted by Crippen LogP contribution is 2.04. The van der Waals surface area contributed by atoms with Crippen LogP contribution in [0.15, 0.2) is 37.5 Å². The summed E-state index contributed by atoms with van der Waals surface area (Å²) in [6, 6.07) is 0. The van der Waals surface area contributed by atoms with Gasteiger partial charge in [-0.2, -0.15) is 0 Å². The molecular formula is C14H26. The maximum Gasteiger partial charge on any atom is -0.0353 e. The summed E-state index contributed by atoms with van der Waals surface area (Å²) in [7, 11) is 0. The van der Waals surface area contributed by atoms with E-state index in [9.17, 15) is 0 Å². The van der Waals surface area contributed by atoms with Crippen LogP contribution in [-0.2, 0) is 0 Å². The fourth-order valence-corrected chi connectivity index (χ4v) is 1.03. The van der Waals surface area contributed by atoms with Crippen molar-refractivity contribution in [3.8, 4) is 0 Å². The summed E-state index contributed by atoms with van der Waals surface area (Å²) in [6.45, 7) is 11.3. The molecule has 0 atom stereocenters. The summed E-state index contributed by atoms with van der Waals surface area (Å²) >= 11 is 0. The molecule has 0 rings (SSSR count). The van der Waals surface area contributed by atoms with Crippen molar-refractivity contribution in [3.05, 3.63) is 37.5 Å². The fraction of sp³-hybridized carbons (Fsp3) is 0.571. The molecule has 0 radical (unpaired) electrons. The molecule has 0 N–H and O–H groups in total. The Balaban J connectivity index is 0. The van der Waals surface area contributed by atoms with Crippen LogP contribution in [0.25, 0.3) is 0 Å². The molecule has 0 aliphatic heterocycles. The van der Waals surface area contributed by atoms with Gasteiger partial charge >= 0.3 is 0 Å². The van der Waals surface area contributed by atoms with E-state index in [1.165, 1.54) is 38.5 Å². The summed E-state index contributed by atoms with van der Waals surface area (Å²) in [5, 5.41) is 0. The number of allylic oxidation sites excluding steroid dienone is 4. The van der Waals surface area contributed by atoms with Gasteiger partial charge in [0.15, 0.2) is 0 Å². The molecule has 0 aromatic carbocycles. The average Bonchev–Trinajstić information content (AvgIpc) is 2.20. The van der Waals surface area contributed by atoms with E-state index in [1.807, 2.05) is 25.2 Å². The standard InChI is InChI=1S/C9H18.C5H8/c1-3-5-7-9-8-6-4-2;1-3-5-4-2/h3H,1,4-9H2,2H3;3-5H,1H2,2H3. The molecule has 0 aromatic heterocycles. The summed E-state index contributed by atoms with van der Waals surface area (Å²) in [5.41, 5.74) is 0. The van der Waals surface area contributed by atoms with Crippen LogP contribution in [0.5, 0.6) is 0 Å². The first kappa shape index (κ1) is 15.7. The van der Waals surface area contributed by atoms with Crippen LogP contribution in [-0.4, -0.2) is 0 Å². The van der Waals surface area contributed by atoms with Gasteiger partial charge in [-0.05, 0) is 19.8 Å². The van der Waals surface area contributed by atoms with Gasteiger partial charge in [-0.3, -0.25) is 0 Å². The zero-order chi connectivity index (χ0) is 11.1. The Kier molecular flexibility index (Phi) is 20.3. The maximum absolute atomic E-state index is 3.68. The second-order valence-corrected chi connectivity index (χ2v) is 3.25. The predicted molar refractivity (Wildman–Crippen MR) is 68.6 cm³/mol. The molecule has 0 heterocycles. The molecule has 82 valence electrons. The highest BCUT2D eigenvalue weighted by atomic mass is 13.9. The molecule has 0 saturated heterocycles. The van der Waals surface area contributed by atoms with Crippen LogP contribution < -0.4 is 0 Å². The van der Waals surface area contributed by atoms with Gasteiger partial charge in [0.1, 0.15) is 0 Å². The van der Waals surface area contributed by atoms with Gasteiger partial charge in [-0.15, -0.1) is 6.58 Å². The fourth-order valence-electron chi connectivity index (χ4n) is 1.03. The summed E-state index contributed by atoms with van der Waals surface area (Å²) in [6.07, 6.45) is 15.7. The third kappa shape index (κ3) is 22.5. The van der Waals surface area contributed by atoms with E-state index in [-0.39, 0.29) is 0 Å². The smallest absolute Gasteiger partial charge is 0.0353 e. The first-order valence-electron chi connectivity index (χ1n) is 5.68. The van der Waals surface area contributed by atoms with Crippen molar-refractivity contribution in [1.82, 2.24) is 0 Å². The highest BCUT2D eigenvalue weighted by molar-refractivity contribution is 4.94. The summed E-state index contributed by atoms with van der Waals surface area (Å²) in [5.74, 6) is 0. The Hall–Kier alpha value is -0.780. The predicted octanol–water partition coefficient (Wildman–Crippen LogP) is 5.28. The molecular weight excluding hydrogens is 168 g/mol. The Morgan fingerprint density at radius 2 is 1.64 bits per heavy atom. The topological polar surface area (TPSA) is 0 Å². The molecule has 0 saturated carbocycles. The van der Waals surface area contributed by atoms with E-state index < -0.39 is 0 Å². The van der Waals surface area contributed by atoms with Crippen molar-refractivity contribution in [3.63, 3.8) is 0 Å². The van der Waals surface area contributed by atoms with Gasteiger partial charge in [0.25, 0.3) is 0 Å². The van der Waals surface area contributed by atoms with Crippen molar-refractivity contribution < 1.29 is 0 Å². The molecule has 0 heteroatoms. The van der Waals surface area contributed by atoms with E-state index in [4.69, 9.17) is 0 Å².